The van der Waals surface area contributed by atoms with Crippen LogP contribution in [0.25, 0.3) is 0 Å². The number of hydrogen-bond acceptors (Lipinski definition) is 8. The minimum absolute atomic E-state index is 0.0325. The van der Waals surface area contributed by atoms with Crippen LogP contribution in [0.3, 0.4) is 0 Å². The minimum atomic E-state index is -0.764. The Bertz CT molecular complexity index is 1140. The van der Waals surface area contributed by atoms with E-state index >= 15 is 0 Å². The predicted octanol–water partition coefficient (Wildman–Crippen LogP) is 3.01. The van der Waals surface area contributed by atoms with Crippen LogP contribution in [0.1, 0.15) is 49.7 Å². The van der Waals surface area contributed by atoms with E-state index in [1.54, 1.807) is 14.2 Å². The minimum Gasteiger partial charge on any atom is -0.493 e. The van der Waals surface area contributed by atoms with Crippen LogP contribution in [0.5, 0.6) is 11.5 Å². The standard InChI is InChI=1S/C28H36N4O4/c1-5-32(6-2)19-10-7-16(8-11-19)24-25-20(29-27-26(24)28(34)31-30-27)13-18(14-21(25)33)17-9-12-22(35-3)23(15-17)36-4/h7-12,15,18,24,26-31,34H,5-6,13-14H2,1-4H3/t18-,24-,26?,27?,28?/m1/s1. The first-order valence-electron chi connectivity index (χ1n) is 12.8. The normalized spacial score (nSPS) is 27.2. The summed E-state index contributed by atoms with van der Waals surface area (Å²) in [6.45, 7) is 6.17. The Morgan fingerprint density at radius 1 is 0.944 bits per heavy atom. The number of carbonyl (C=O) groups excluding carboxylic acids is 1. The van der Waals surface area contributed by atoms with Crippen LogP contribution in [0.4, 0.5) is 5.69 Å². The molecule has 2 aromatic rings. The molecule has 8 heteroatoms. The van der Waals surface area contributed by atoms with Crippen LogP contribution in [0, 0.1) is 5.92 Å². The number of ketones is 1. The molecule has 8 nitrogen and oxygen atoms in total. The number of fused-ring (bicyclic) bond motifs is 1. The number of benzene rings is 2. The number of hydrazine groups is 1. The molecule has 3 unspecified atom stereocenters. The molecule has 0 saturated carbocycles. The smallest absolute Gasteiger partial charge is 0.161 e. The quantitative estimate of drug-likeness (QED) is 0.469. The third-order valence-electron chi connectivity index (χ3n) is 7.93. The summed E-state index contributed by atoms with van der Waals surface area (Å²) >= 11 is 0. The zero-order chi connectivity index (χ0) is 25.4. The molecule has 0 radical (unpaired) electrons. The highest BCUT2D eigenvalue weighted by Gasteiger charge is 2.49. The first-order chi connectivity index (χ1) is 17.5. The Labute approximate surface area is 212 Å². The number of hydrogen-bond donors (Lipinski definition) is 4. The fourth-order valence-electron chi connectivity index (χ4n) is 6.08. The monoisotopic (exact) mass is 492 g/mol. The van der Waals surface area contributed by atoms with Crippen molar-refractivity contribution in [3.8, 4) is 11.5 Å². The molecule has 2 aliphatic heterocycles. The van der Waals surface area contributed by atoms with E-state index in [2.05, 4.69) is 59.2 Å². The van der Waals surface area contributed by atoms with Crippen molar-refractivity contribution in [1.29, 1.82) is 0 Å². The molecule has 0 amide bonds. The van der Waals surface area contributed by atoms with Crippen LogP contribution in [0.2, 0.25) is 0 Å². The van der Waals surface area contributed by atoms with Gasteiger partial charge in [0.25, 0.3) is 0 Å². The third kappa shape index (κ3) is 4.23. The van der Waals surface area contributed by atoms with Gasteiger partial charge in [-0.25, -0.2) is 10.9 Å². The predicted molar refractivity (Wildman–Crippen MR) is 139 cm³/mol. The van der Waals surface area contributed by atoms with E-state index in [9.17, 15) is 9.90 Å². The van der Waals surface area contributed by atoms with Crippen molar-refractivity contribution in [2.45, 2.75) is 50.9 Å². The Morgan fingerprint density at radius 2 is 1.64 bits per heavy atom. The average Bonchev–Trinajstić information content (AvgIpc) is 3.28. The largest absolute Gasteiger partial charge is 0.493 e. The maximum absolute atomic E-state index is 13.8. The molecule has 2 aromatic carbocycles. The summed E-state index contributed by atoms with van der Waals surface area (Å²) in [5.74, 6) is 1.09. The number of aliphatic hydroxyl groups excluding tert-OH is 1. The number of ether oxygens (including phenoxy) is 2. The van der Waals surface area contributed by atoms with E-state index in [-0.39, 0.29) is 29.7 Å². The second-order valence-corrected chi connectivity index (χ2v) is 9.71. The van der Waals surface area contributed by atoms with Gasteiger partial charge >= 0.3 is 0 Å². The highest BCUT2D eigenvalue weighted by molar-refractivity contribution is 5.99. The molecule has 1 aliphatic carbocycles. The van der Waals surface area contributed by atoms with Gasteiger partial charge in [0, 0.05) is 48.3 Å². The summed E-state index contributed by atoms with van der Waals surface area (Å²) in [7, 11) is 3.24. The Morgan fingerprint density at radius 3 is 2.31 bits per heavy atom. The highest BCUT2D eigenvalue weighted by Crippen LogP contribution is 2.48. The van der Waals surface area contributed by atoms with Gasteiger partial charge in [0.1, 0.15) is 6.23 Å². The maximum atomic E-state index is 13.8. The lowest BCUT2D eigenvalue weighted by Crippen LogP contribution is -2.51. The van der Waals surface area contributed by atoms with Gasteiger partial charge in [0.15, 0.2) is 17.3 Å². The summed E-state index contributed by atoms with van der Waals surface area (Å²) in [6, 6.07) is 14.4. The third-order valence-corrected chi connectivity index (χ3v) is 7.93. The van der Waals surface area contributed by atoms with Gasteiger partial charge < -0.3 is 24.8 Å². The second-order valence-electron chi connectivity index (χ2n) is 9.71. The molecule has 5 atom stereocenters. The molecule has 2 heterocycles. The first kappa shape index (κ1) is 24.6. The molecule has 4 N–H and O–H groups in total. The van der Waals surface area contributed by atoms with Crippen molar-refractivity contribution in [3.05, 3.63) is 64.9 Å². The van der Waals surface area contributed by atoms with E-state index < -0.39 is 6.23 Å². The van der Waals surface area contributed by atoms with Gasteiger partial charge in [-0.3, -0.25) is 4.79 Å². The SMILES string of the molecule is CCN(CC)c1ccc([C@@H]2C3=C(C[C@@H](c4ccc(OC)c(OC)c4)CC3=O)NC3NNC(O)C32)cc1. The van der Waals surface area contributed by atoms with Crippen LogP contribution >= 0.6 is 0 Å². The molecule has 1 saturated heterocycles. The van der Waals surface area contributed by atoms with Gasteiger partial charge in [0.05, 0.1) is 20.4 Å². The first-order valence-corrected chi connectivity index (χ1v) is 12.8. The molecule has 192 valence electrons. The number of anilines is 1. The van der Waals surface area contributed by atoms with Gasteiger partial charge in [-0.05, 0) is 61.6 Å². The van der Waals surface area contributed by atoms with Gasteiger partial charge in [-0.2, -0.15) is 0 Å². The fraction of sp³-hybridized carbons (Fsp3) is 0.464. The Kier molecular flexibility index (Phi) is 6.92. The maximum Gasteiger partial charge on any atom is 0.161 e. The number of aliphatic hydroxyl groups is 1. The zero-order valence-corrected chi connectivity index (χ0v) is 21.4. The van der Waals surface area contributed by atoms with Crippen LogP contribution < -0.4 is 30.5 Å². The van der Waals surface area contributed by atoms with Crippen molar-refractivity contribution in [1.82, 2.24) is 16.2 Å². The van der Waals surface area contributed by atoms with Crippen LogP contribution in [-0.2, 0) is 4.79 Å². The van der Waals surface area contributed by atoms with Crippen molar-refractivity contribution in [3.63, 3.8) is 0 Å². The number of allylic oxidation sites excluding steroid dienone is 2. The van der Waals surface area contributed by atoms with Gasteiger partial charge in [-0.1, -0.05) is 18.2 Å². The molecule has 5 rings (SSSR count). The topological polar surface area (TPSA) is 95.1 Å². The van der Waals surface area contributed by atoms with Crippen LogP contribution in [0.15, 0.2) is 53.7 Å². The molecule has 1 fully saturated rings. The number of carbonyl (C=O) groups is 1. The fourth-order valence-corrected chi connectivity index (χ4v) is 6.08. The number of nitrogens with zero attached hydrogens (tertiary/aromatic N) is 1. The summed E-state index contributed by atoms with van der Waals surface area (Å²) in [5, 5.41) is 14.3. The summed E-state index contributed by atoms with van der Waals surface area (Å²) in [4.78, 5) is 16.1. The van der Waals surface area contributed by atoms with Gasteiger partial charge in [-0.15, -0.1) is 0 Å². The number of rotatable bonds is 7. The lowest BCUT2D eigenvalue weighted by molar-refractivity contribution is -0.117. The van der Waals surface area contributed by atoms with E-state index in [1.807, 2.05) is 18.2 Å². The molecule has 0 bridgehead atoms. The lowest BCUT2D eigenvalue weighted by atomic mass is 9.69. The molecular weight excluding hydrogens is 456 g/mol. The van der Waals surface area contributed by atoms with Crippen molar-refractivity contribution in [2.24, 2.45) is 5.92 Å². The van der Waals surface area contributed by atoms with Gasteiger partial charge in [0.2, 0.25) is 0 Å². The molecule has 0 spiro atoms. The number of nitrogens with one attached hydrogen (secondary N) is 3. The van der Waals surface area contributed by atoms with Crippen LogP contribution in [-0.4, -0.2) is 50.6 Å². The summed E-state index contributed by atoms with van der Waals surface area (Å²) < 4.78 is 10.9. The number of methoxy groups -OCH3 is 2. The lowest BCUT2D eigenvalue weighted by Gasteiger charge is -2.42. The molecule has 36 heavy (non-hydrogen) atoms. The highest BCUT2D eigenvalue weighted by atomic mass is 16.5. The zero-order valence-electron chi connectivity index (χ0n) is 21.4. The number of Topliss-reactive ketones (excluding diaryl/α,β-unsaturated/α-hetero) is 1. The molecular formula is C28H36N4O4. The van der Waals surface area contributed by atoms with E-state index in [4.69, 9.17) is 9.47 Å². The van der Waals surface area contributed by atoms with E-state index in [1.165, 1.54) is 0 Å². The van der Waals surface area contributed by atoms with Crippen molar-refractivity contribution >= 4 is 11.5 Å². The summed E-state index contributed by atoms with van der Waals surface area (Å²) in [5.41, 5.74) is 11.2. The van der Waals surface area contributed by atoms with Crippen molar-refractivity contribution < 1.29 is 19.4 Å². The van der Waals surface area contributed by atoms with E-state index in [0.29, 0.717) is 24.3 Å². The van der Waals surface area contributed by atoms with E-state index in [0.717, 1.165) is 41.2 Å². The summed E-state index contributed by atoms with van der Waals surface area (Å²) in [6.07, 6.45) is 0.188. The molecule has 0 aromatic heterocycles. The van der Waals surface area contributed by atoms with Crippen molar-refractivity contribution in [2.75, 3.05) is 32.2 Å². The Balaban J connectivity index is 1.51. The molecule has 3 aliphatic rings. The second kappa shape index (κ2) is 10.1. The average molecular weight is 493 g/mol. The Hall–Kier alpha value is -3.07.